The van der Waals surface area contributed by atoms with Crippen LogP contribution in [0, 0.1) is 3.57 Å². The minimum Gasteiger partial charge on any atom is -0.337 e. The van der Waals surface area contributed by atoms with E-state index in [1.54, 1.807) is 0 Å². The number of nitrogens with zero attached hydrogens (tertiary/aromatic N) is 4. The molecule has 5 rings (SSSR count). The van der Waals surface area contributed by atoms with Crippen LogP contribution in [0.25, 0.3) is 11.0 Å². The van der Waals surface area contributed by atoms with Gasteiger partial charge in [-0.05, 0) is 90.8 Å². The van der Waals surface area contributed by atoms with Crippen LogP contribution >= 0.6 is 22.6 Å². The van der Waals surface area contributed by atoms with Crippen molar-refractivity contribution < 1.29 is 4.79 Å². The van der Waals surface area contributed by atoms with Crippen LogP contribution in [0.3, 0.4) is 0 Å². The quantitative estimate of drug-likeness (QED) is 0.513. The second-order valence-electron chi connectivity index (χ2n) is 8.14. The molecule has 0 N–H and O–H groups in total. The maximum absolute atomic E-state index is 12.9. The van der Waals surface area contributed by atoms with E-state index in [4.69, 9.17) is 0 Å². The van der Waals surface area contributed by atoms with Gasteiger partial charge in [0.1, 0.15) is 0 Å². The number of rotatable bonds is 4. The van der Waals surface area contributed by atoms with E-state index < -0.39 is 0 Å². The van der Waals surface area contributed by atoms with Gasteiger partial charge in [0.15, 0.2) is 0 Å². The first kappa shape index (κ1) is 19.1. The summed E-state index contributed by atoms with van der Waals surface area (Å²) in [5.74, 6) is 0.167. The van der Waals surface area contributed by atoms with Crippen molar-refractivity contribution in [1.82, 2.24) is 19.4 Å². The van der Waals surface area contributed by atoms with E-state index >= 15 is 0 Å². The molecule has 1 amide bonds. The topological polar surface area (TPSA) is 41.4 Å². The van der Waals surface area contributed by atoms with Crippen LogP contribution in [0.4, 0.5) is 0 Å². The Bertz CT molecular complexity index is 1020. The molecule has 0 radical (unpaired) electrons. The van der Waals surface area contributed by atoms with Gasteiger partial charge in [0, 0.05) is 34.8 Å². The van der Waals surface area contributed by atoms with Gasteiger partial charge in [-0.25, -0.2) is 4.98 Å². The average Bonchev–Trinajstić information content (AvgIpc) is 3.49. The third-order valence-corrected chi connectivity index (χ3v) is 6.92. The van der Waals surface area contributed by atoms with Gasteiger partial charge in [-0.15, -0.1) is 0 Å². The van der Waals surface area contributed by atoms with Crippen molar-refractivity contribution in [1.29, 1.82) is 0 Å². The van der Waals surface area contributed by atoms with Crippen molar-refractivity contribution in [2.75, 3.05) is 26.2 Å². The van der Waals surface area contributed by atoms with Crippen LogP contribution in [-0.2, 0) is 6.54 Å². The minimum absolute atomic E-state index is 0.167. The van der Waals surface area contributed by atoms with Gasteiger partial charge >= 0.3 is 0 Å². The van der Waals surface area contributed by atoms with E-state index in [2.05, 4.69) is 67.4 Å². The molecule has 0 aliphatic carbocycles. The Balaban J connectivity index is 1.26. The highest BCUT2D eigenvalue weighted by atomic mass is 123. The molecular formula is C23H25IN4O. The van der Waals surface area contributed by atoms with Gasteiger partial charge in [0.25, 0.3) is 5.91 Å². The molecule has 5 nitrogen and oxygen atoms in total. The highest BCUT2D eigenvalue weighted by Gasteiger charge is 2.31. The fourth-order valence-electron chi connectivity index (χ4n) is 4.62. The van der Waals surface area contributed by atoms with Crippen LogP contribution in [0.2, 0.25) is 0 Å². The molecule has 1 atom stereocenters. The third-order valence-electron chi connectivity index (χ3n) is 6.24. The van der Waals surface area contributed by atoms with E-state index in [9.17, 15) is 4.79 Å². The number of halogens is 1. The average molecular weight is 496 g/mol. The summed E-state index contributed by atoms with van der Waals surface area (Å²) < 4.78 is 3.37. The van der Waals surface area contributed by atoms with Crippen LogP contribution in [0.1, 0.15) is 35.2 Å². The molecule has 150 valence electrons. The van der Waals surface area contributed by atoms with Crippen molar-refractivity contribution in [3.8, 4) is 0 Å². The molecule has 0 bridgehead atoms. The molecule has 3 heterocycles. The van der Waals surface area contributed by atoms with Gasteiger partial charge in [-0.1, -0.05) is 12.1 Å². The Morgan fingerprint density at radius 2 is 1.86 bits per heavy atom. The Kier molecular flexibility index (Phi) is 5.30. The SMILES string of the molecule is O=C(c1ccc(Cn2cnc3ccc([123I])cc32)cc1)N1CC[C@H](N2CCCC2)C1. The van der Waals surface area contributed by atoms with Crippen molar-refractivity contribution in [2.45, 2.75) is 31.8 Å². The Hall–Kier alpha value is -1.93. The number of benzene rings is 2. The molecule has 29 heavy (non-hydrogen) atoms. The molecule has 2 aliphatic heterocycles. The highest BCUT2D eigenvalue weighted by molar-refractivity contribution is 14.1. The van der Waals surface area contributed by atoms with Crippen LogP contribution < -0.4 is 0 Å². The molecule has 2 saturated heterocycles. The first-order valence-electron chi connectivity index (χ1n) is 10.4. The molecule has 2 aliphatic rings. The summed E-state index contributed by atoms with van der Waals surface area (Å²) in [5.41, 5.74) is 4.12. The number of imidazole rings is 1. The van der Waals surface area contributed by atoms with E-state index in [1.807, 2.05) is 23.4 Å². The Morgan fingerprint density at radius 3 is 2.66 bits per heavy atom. The lowest BCUT2D eigenvalue weighted by atomic mass is 10.1. The lowest BCUT2D eigenvalue weighted by Gasteiger charge is -2.23. The monoisotopic (exact) mass is 496 g/mol. The zero-order valence-corrected chi connectivity index (χ0v) is 18.6. The van der Waals surface area contributed by atoms with Crippen molar-refractivity contribution in [2.24, 2.45) is 0 Å². The summed E-state index contributed by atoms with van der Waals surface area (Å²) in [7, 11) is 0. The summed E-state index contributed by atoms with van der Waals surface area (Å²) in [6, 6.07) is 14.9. The molecule has 1 aromatic heterocycles. The smallest absolute Gasteiger partial charge is 0.253 e. The van der Waals surface area contributed by atoms with Crippen molar-refractivity contribution in [3.05, 3.63) is 63.5 Å². The zero-order valence-electron chi connectivity index (χ0n) is 16.4. The summed E-state index contributed by atoms with van der Waals surface area (Å²) >= 11 is 2.33. The number of carbonyl (C=O) groups excluding carboxylic acids is 1. The maximum Gasteiger partial charge on any atom is 0.253 e. The largest absolute Gasteiger partial charge is 0.337 e. The Morgan fingerprint density at radius 1 is 1.07 bits per heavy atom. The van der Waals surface area contributed by atoms with Gasteiger partial charge in [-0.2, -0.15) is 0 Å². The third kappa shape index (κ3) is 3.92. The first-order chi connectivity index (χ1) is 14.2. The number of hydrogen-bond donors (Lipinski definition) is 0. The minimum atomic E-state index is 0.167. The number of hydrogen-bond acceptors (Lipinski definition) is 3. The van der Waals surface area contributed by atoms with Crippen LogP contribution in [-0.4, -0.2) is 57.5 Å². The second kappa shape index (κ2) is 8.07. The predicted molar refractivity (Wildman–Crippen MR) is 123 cm³/mol. The summed E-state index contributed by atoms with van der Waals surface area (Å²) in [5, 5.41) is 0. The summed E-state index contributed by atoms with van der Waals surface area (Å²) in [4.78, 5) is 22.0. The summed E-state index contributed by atoms with van der Waals surface area (Å²) in [6.07, 6.45) is 5.60. The van der Waals surface area contributed by atoms with Crippen molar-refractivity contribution >= 4 is 39.5 Å². The molecule has 3 aromatic rings. The molecule has 2 aromatic carbocycles. The molecular weight excluding hydrogens is 471 g/mol. The van der Waals surface area contributed by atoms with E-state index in [1.165, 1.54) is 35.1 Å². The normalized spacial score (nSPS) is 20.0. The molecule has 0 unspecified atom stereocenters. The lowest BCUT2D eigenvalue weighted by Crippen LogP contribution is -2.37. The van der Waals surface area contributed by atoms with Gasteiger partial charge in [0.2, 0.25) is 0 Å². The number of fused-ring (bicyclic) bond motifs is 1. The maximum atomic E-state index is 12.9. The number of carbonyl (C=O) groups is 1. The number of amides is 1. The van der Waals surface area contributed by atoms with Gasteiger partial charge in [0.05, 0.1) is 17.4 Å². The molecule has 2 fully saturated rings. The number of aromatic nitrogens is 2. The zero-order chi connectivity index (χ0) is 19.8. The Labute approximate surface area is 184 Å². The standard InChI is InChI=1S/C23H25IN4O/c24-19-7-8-21-22(13-19)28(16-25-21)14-17-3-5-18(6-4-17)23(29)27-12-9-20(15-27)26-10-1-2-11-26/h3-8,13,16,20H,1-2,9-12,14-15H2/t20-/m0/s1/i24-4. The van der Waals surface area contributed by atoms with Gasteiger partial charge in [-0.3, -0.25) is 9.69 Å². The van der Waals surface area contributed by atoms with Gasteiger partial charge < -0.3 is 9.47 Å². The van der Waals surface area contributed by atoms with E-state index in [0.717, 1.165) is 42.7 Å². The van der Waals surface area contributed by atoms with Crippen LogP contribution in [0.5, 0.6) is 0 Å². The van der Waals surface area contributed by atoms with E-state index in [-0.39, 0.29) is 5.91 Å². The fourth-order valence-corrected chi connectivity index (χ4v) is 5.09. The van der Waals surface area contributed by atoms with Crippen LogP contribution in [0.15, 0.2) is 48.8 Å². The highest BCUT2D eigenvalue weighted by Crippen LogP contribution is 2.22. The molecule has 0 saturated carbocycles. The molecule has 0 spiro atoms. The van der Waals surface area contributed by atoms with E-state index in [0.29, 0.717) is 6.04 Å². The first-order valence-corrected chi connectivity index (χ1v) is 11.5. The van der Waals surface area contributed by atoms with Crippen molar-refractivity contribution in [3.63, 3.8) is 0 Å². The predicted octanol–water partition coefficient (Wildman–Crippen LogP) is 4.00. The number of likely N-dealkylation sites (tertiary alicyclic amines) is 2. The fraction of sp³-hybridized carbons (Fsp3) is 0.391. The molecule has 6 heteroatoms. The summed E-state index contributed by atoms with van der Waals surface area (Å²) in [6.45, 7) is 4.90. The second-order valence-corrected chi connectivity index (χ2v) is 9.38. The lowest BCUT2D eigenvalue weighted by molar-refractivity contribution is 0.0780.